The van der Waals surface area contributed by atoms with Gasteiger partial charge in [0.2, 0.25) is 0 Å². The maximum Gasteiger partial charge on any atom is 0.327 e. The highest BCUT2D eigenvalue weighted by Gasteiger charge is 2.20. The van der Waals surface area contributed by atoms with Crippen molar-refractivity contribution < 1.29 is 19.9 Å². The summed E-state index contributed by atoms with van der Waals surface area (Å²) in [6, 6.07) is 3.83. The van der Waals surface area contributed by atoms with Gasteiger partial charge in [-0.3, -0.25) is 15.1 Å². The molecule has 0 saturated heterocycles. The Morgan fingerprint density at radius 1 is 1.40 bits per heavy atom. The lowest BCUT2D eigenvalue weighted by atomic mass is 10.1. The van der Waals surface area contributed by atoms with Gasteiger partial charge in [-0.15, -0.1) is 0 Å². The normalized spacial score (nSPS) is 15.8. The van der Waals surface area contributed by atoms with Crippen LogP contribution in [-0.2, 0) is 4.79 Å². The van der Waals surface area contributed by atoms with Crippen LogP contribution in [0.25, 0.3) is 6.08 Å². The number of nitrogens with one attached hydrogen (secondary N) is 1. The Morgan fingerprint density at radius 3 is 2.64 bits per heavy atom. The second-order valence-electron chi connectivity index (χ2n) is 6.65. The molecule has 0 aromatic heterocycles. The van der Waals surface area contributed by atoms with Crippen LogP contribution in [0, 0.1) is 0 Å². The summed E-state index contributed by atoms with van der Waals surface area (Å²) in [5, 5.41) is 23.9. The quantitative estimate of drug-likeness (QED) is 0.452. The molecule has 0 fully saturated rings. The third kappa shape index (κ3) is 4.61. The molecule has 0 aliphatic carbocycles. The second-order valence-corrected chi connectivity index (χ2v) is 7.01. The van der Waals surface area contributed by atoms with Gasteiger partial charge in [0.1, 0.15) is 6.04 Å². The van der Waals surface area contributed by atoms with E-state index in [0.29, 0.717) is 16.6 Å². The summed E-state index contributed by atoms with van der Waals surface area (Å²) in [6.45, 7) is 5.57. The monoisotopic (exact) mass is 363 g/mol. The molecular weight excluding hydrogens is 342 g/mol. The first-order chi connectivity index (χ1) is 11.6. The number of thiol groups is 1. The van der Waals surface area contributed by atoms with Gasteiger partial charge in [-0.25, -0.2) is 9.79 Å². The SMILES string of the molecule is CC(C)(C)N(O)/C=C1/C=c2cc(C(=O)NC(CS)C(=O)O)ccc2=N1. The van der Waals surface area contributed by atoms with E-state index in [-0.39, 0.29) is 5.75 Å². The molecule has 1 unspecified atom stereocenters. The minimum Gasteiger partial charge on any atom is -0.480 e. The van der Waals surface area contributed by atoms with E-state index in [2.05, 4.69) is 22.9 Å². The number of fused-ring (bicyclic) bond motifs is 1. The summed E-state index contributed by atoms with van der Waals surface area (Å²) < 4.78 is 0. The lowest BCUT2D eigenvalue weighted by Gasteiger charge is -2.28. The zero-order chi connectivity index (χ0) is 18.8. The summed E-state index contributed by atoms with van der Waals surface area (Å²) in [7, 11) is 0. The molecular formula is C17H21N3O4S. The maximum atomic E-state index is 12.2. The minimum absolute atomic E-state index is 0.000500. The van der Waals surface area contributed by atoms with Gasteiger partial charge in [0.05, 0.1) is 22.8 Å². The fourth-order valence-corrected chi connectivity index (χ4v) is 2.30. The molecule has 1 amide bonds. The van der Waals surface area contributed by atoms with Crippen molar-refractivity contribution in [1.29, 1.82) is 0 Å². The van der Waals surface area contributed by atoms with Gasteiger partial charge in [-0.2, -0.15) is 12.6 Å². The molecule has 1 aliphatic heterocycles. The van der Waals surface area contributed by atoms with Crippen LogP contribution < -0.4 is 15.9 Å². The number of hydrogen-bond acceptors (Lipinski definition) is 6. The number of hydroxylamine groups is 2. The van der Waals surface area contributed by atoms with Gasteiger partial charge in [0, 0.05) is 16.5 Å². The molecule has 1 aromatic carbocycles. The minimum atomic E-state index is -1.14. The molecule has 0 saturated carbocycles. The third-order valence-electron chi connectivity index (χ3n) is 3.57. The largest absolute Gasteiger partial charge is 0.480 e. The van der Waals surface area contributed by atoms with Crippen LogP contribution in [0.4, 0.5) is 0 Å². The van der Waals surface area contributed by atoms with Crippen LogP contribution in [0.1, 0.15) is 31.1 Å². The molecule has 2 rings (SSSR count). The van der Waals surface area contributed by atoms with Gasteiger partial charge < -0.3 is 10.4 Å². The lowest BCUT2D eigenvalue weighted by molar-refractivity contribution is -0.138. The zero-order valence-electron chi connectivity index (χ0n) is 14.2. The van der Waals surface area contributed by atoms with Crippen LogP contribution in [0.5, 0.6) is 0 Å². The number of hydrogen-bond donors (Lipinski definition) is 4. The van der Waals surface area contributed by atoms with Crippen LogP contribution >= 0.6 is 12.6 Å². The molecule has 7 nitrogen and oxygen atoms in total. The highest BCUT2D eigenvalue weighted by molar-refractivity contribution is 7.80. The molecule has 1 aliphatic rings. The van der Waals surface area contributed by atoms with Crippen molar-refractivity contribution >= 4 is 30.6 Å². The van der Waals surface area contributed by atoms with Crippen LogP contribution in [0.15, 0.2) is 35.1 Å². The highest BCUT2D eigenvalue weighted by Crippen LogP contribution is 2.13. The predicted octanol–water partition coefficient (Wildman–Crippen LogP) is 0.544. The van der Waals surface area contributed by atoms with E-state index in [0.717, 1.165) is 10.3 Å². The van der Waals surface area contributed by atoms with Gasteiger partial charge in [-0.1, -0.05) is 0 Å². The lowest BCUT2D eigenvalue weighted by Crippen LogP contribution is -2.42. The van der Waals surface area contributed by atoms with Crippen LogP contribution in [0.2, 0.25) is 0 Å². The predicted molar refractivity (Wildman–Crippen MR) is 95.9 cm³/mol. The smallest absolute Gasteiger partial charge is 0.327 e. The van der Waals surface area contributed by atoms with Gasteiger partial charge in [-0.05, 0) is 45.0 Å². The Hall–Kier alpha value is -2.32. The van der Waals surface area contributed by atoms with Crippen molar-refractivity contribution in [2.24, 2.45) is 4.99 Å². The fourth-order valence-electron chi connectivity index (χ4n) is 2.06. The molecule has 0 bridgehead atoms. The number of carboxylic acid groups (broad SMARTS) is 1. The molecule has 1 atom stereocenters. The average molecular weight is 363 g/mol. The Labute approximate surface area is 150 Å². The number of rotatable bonds is 5. The number of carbonyl (C=O) groups is 2. The van der Waals surface area contributed by atoms with E-state index in [4.69, 9.17) is 5.11 Å². The standard InChI is InChI=1S/C17H21N3O4S/c1-17(2,3)20(24)8-12-7-11-6-10(4-5-13(11)18-12)15(21)19-14(9-25)16(22)23/h4-8,14,24-25H,9H2,1-3H3,(H,19,21)(H,22,23)/b12-8-. The number of carboxylic acids is 1. The Kier molecular flexibility index (Phi) is 5.54. The number of allylic oxidation sites excluding steroid dienone is 1. The number of nitrogens with zero attached hydrogens (tertiary/aromatic N) is 2. The molecule has 25 heavy (non-hydrogen) atoms. The molecule has 134 valence electrons. The first-order valence-corrected chi connectivity index (χ1v) is 8.30. The Morgan fingerprint density at radius 2 is 2.08 bits per heavy atom. The number of aliphatic carboxylic acids is 1. The van der Waals surface area contributed by atoms with E-state index in [9.17, 15) is 14.8 Å². The molecule has 8 heteroatoms. The third-order valence-corrected chi connectivity index (χ3v) is 3.94. The summed E-state index contributed by atoms with van der Waals surface area (Å²) in [6.07, 6.45) is 3.26. The van der Waals surface area contributed by atoms with Gasteiger partial charge in [0.25, 0.3) is 5.91 Å². The fraction of sp³-hybridized carbons (Fsp3) is 0.353. The first kappa shape index (κ1) is 19.0. The zero-order valence-corrected chi connectivity index (χ0v) is 15.1. The maximum absolute atomic E-state index is 12.2. The summed E-state index contributed by atoms with van der Waals surface area (Å²) in [5.41, 5.74) is 0.425. The van der Waals surface area contributed by atoms with Crippen molar-refractivity contribution in [2.75, 3.05) is 5.75 Å². The van der Waals surface area contributed by atoms with E-state index >= 15 is 0 Å². The van der Waals surface area contributed by atoms with Crippen molar-refractivity contribution in [3.63, 3.8) is 0 Å². The van der Waals surface area contributed by atoms with Crippen LogP contribution in [-0.4, -0.2) is 44.6 Å². The van der Waals surface area contributed by atoms with Crippen molar-refractivity contribution in [2.45, 2.75) is 32.4 Å². The van der Waals surface area contributed by atoms with E-state index in [1.807, 2.05) is 20.8 Å². The van der Waals surface area contributed by atoms with Crippen LogP contribution in [0.3, 0.4) is 0 Å². The average Bonchev–Trinajstić information content (AvgIpc) is 2.92. The number of amides is 1. The van der Waals surface area contributed by atoms with Crippen molar-refractivity contribution in [3.05, 3.63) is 46.2 Å². The van der Waals surface area contributed by atoms with Crippen molar-refractivity contribution in [3.8, 4) is 0 Å². The Bertz CT molecular complexity index is 842. The second kappa shape index (κ2) is 7.28. The van der Waals surface area contributed by atoms with E-state index in [1.54, 1.807) is 24.3 Å². The topological polar surface area (TPSA) is 102 Å². The molecule has 1 heterocycles. The first-order valence-electron chi connectivity index (χ1n) is 7.67. The van der Waals surface area contributed by atoms with Gasteiger partial charge in [0.15, 0.2) is 0 Å². The van der Waals surface area contributed by atoms with Crippen molar-refractivity contribution in [1.82, 2.24) is 10.4 Å². The van der Waals surface area contributed by atoms with E-state index in [1.165, 1.54) is 6.20 Å². The summed E-state index contributed by atoms with van der Waals surface area (Å²) >= 11 is 3.92. The molecule has 3 N–H and O–H groups in total. The molecule has 0 spiro atoms. The van der Waals surface area contributed by atoms with Gasteiger partial charge >= 0.3 is 5.97 Å². The number of carbonyl (C=O) groups excluding carboxylic acids is 1. The highest BCUT2D eigenvalue weighted by atomic mass is 32.1. The molecule has 0 radical (unpaired) electrons. The summed E-state index contributed by atoms with van der Waals surface area (Å²) in [4.78, 5) is 27.6. The summed E-state index contributed by atoms with van der Waals surface area (Å²) in [5.74, 6) is -1.63. The Balaban J connectivity index is 2.26. The number of benzene rings is 1. The molecule has 1 aromatic rings. The van der Waals surface area contributed by atoms with E-state index < -0.39 is 23.5 Å².